The van der Waals surface area contributed by atoms with E-state index in [9.17, 15) is 8.42 Å². The van der Waals surface area contributed by atoms with Gasteiger partial charge in [0.15, 0.2) is 0 Å². The molecule has 0 aliphatic heterocycles. The fourth-order valence-electron chi connectivity index (χ4n) is 1.96. The van der Waals surface area contributed by atoms with Gasteiger partial charge in [-0.1, -0.05) is 34.3 Å². The molecule has 1 rings (SSSR count). The minimum Gasteiger partial charge on any atom is -0.489 e. The Morgan fingerprint density at radius 2 is 1.90 bits per heavy atom. The Bertz CT molecular complexity index is 640. The minimum atomic E-state index is -3.74. The molecule has 0 aliphatic carbocycles. The number of nitrogens with two attached hydrogens (primary N) is 1. The van der Waals surface area contributed by atoms with E-state index in [1.165, 1.54) is 0 Å². The Labute approximate surface area is 128 Å². The normalized spacial score (nSPS) is 12.3. The van der Waals surface area contributed by atoms with Crippen LogP contribution < -0.4 is 9.88 Å². The van der Waals surface area contributed by atoms with Crippen molar-refractivity contribution in [2.45, 2.75) is 51.3 Å². The molecule has 0 unspecified atom stereocenters. The Morgan fingerprint density at radius 3 is 2.33 bits per heavy atom. The van der Waals surface area contributed by atoms with Crippen LogP contribution in [0, 0.1) is 6.92 Å². The molecule has 21 heavy (non-hydrogen) atoms. The number of hydrogen-bond donors (Lipinski definition) is 1. The average Bonchev–Trinajstić information content (AvgIpc) is 2.32. The van der Waals surface area contributed by atoms with Gasteiger partial charge in [0.2, 0.25) is 10.0 Å². The molecule has 4 nitrogen and oxygen atoms in total. The maximum Gasteiger partial charge on any atom is 0.238 e. The molecule has 0 aliphatic rings. The topological polar surface area (TPSA) is 69.4 Å². The number of aryl methyl sites for hydroxylation is 1. The minimum absolute atomic E-state index is 0.147. The smallest absolute Gasteiger partial charge is 0.238 e. The molecule has 2 N–H and O–H groups in total. The average molecular weight is 311 g/mol. The van der Waals surface area contributed by atoms with E-state index in [4.69, 9.17) is 9.88 Å². The van der Waals surface area contributed by atoms with E-state index in [1.807, 2.05) is 27.7 Å². The molecule has 0 atom stereocenters. The molecule has 0 bridgehead atoms. The molecule has 0 saturated carbocycles. The SMILES string of the molecule is C=C(CC)COc1cc(C)c(S(N)(=O)=O)cc1C(C)(C)C. The van der Waals surface area contributed by atoms with Crippen molar-refractivity contribution in [3.8, 4) is 5.75 Å². The van der Waals surface area contributed by atoms with Crippen LogP contribution >= 0.6 is 0 Å². The number of hydrogen-bond acceptors (Lipinski definition) is 3. The van der Waals surface area contributed by atoms with Gasteiger partial charge in [0.05, 0.1) is 4.90 Å². The summed E-state index contributed by atoms with van der Waals surface area (Å²) >= 11 is 0. The first-order valence-corrected chi connectivity index (χ1v) is 8.48. The van der Waals surface area contributed by atoms with E-state index in [2.05, 4.69) is 6.58 Å². The van der Waals surface area contributed by atoms with Crippen molar-refractivity contribution in [1.82, 2.24) is 0 Å². The standard InChI is InChI=1S/C16H25NO3S/c1-7-11(2)10-20-14-8-12(3)15(21(17,18)19)9-13(14)16(4,5)6/h8-9H,2,7,10H2,1,3-6H3,(H2,17,18,19). The van der Waals surface area contributed by atoms with Crippen LogP contribution in [0.4, 0.5) is 0 Å². The summed E-state index contributed by atoms with van der Waals surface area (Å²) < 4.78 is 29.2. The largest absolute Gasteiger partial charge is 0.489 e. The number of benzene rings is 1. The number of ether oxygens (including phenoxy) is 1. The maximum absolute atomic E-state index is 11.7. The van der Waals surface area contributed by atoms with E-state index in [0.29, 0.717) is 17.9 Å². The zero-order valence-corrected chi connectivity index (χ0v) is 14.3. The molecule has 0 amide bonds. The summed E-state index contributed by atoms with van der Waals surface area (Å²) in [4.78, 5) is 0.147. The van der Waals surface area contributed by atoms with Gasteiger partial charge in [-0.05, 0) is 42.0 Å². The van der Waals surface area contributed by atoms with Gasteiger partial charge in [0, 0.05) is 5.56 Å². The van der Waals surface area contributed by atoms with Crippen LogP contribution in [0.2, 0.25) is 0 Å². The lowest BCUT2D eigenvalue weighted by Gasteiger charge is -2.24. The first-order valence-electron chi connectivity index (χ1n) is 6.94. The van der Waals surface area contributed by atoms with Crippen LogP contribution in [-0.2, 0) is 15.4 Å². The molecule has 118 valence electrons. The number of sulfonamides is 1. The van der Waals surface area contributed by atoms with E-state index in [-0.39, 0.29) is 10.3 Å². The molecular weight excluding hydrogens is 286 g/mol. The van der Waals surface area contributed by atoms with Crippen LogP contribution in [0.1, 0.15) is 45.2 Å². The lowest BCUT2D eigenvalue weighted by Crippen LogP contribution is -2.19. The maximum atomic E-state index is 11.7. The highest BCUT2D eigenvalue weighted by Gasteiger charge is 2.24. The third-order valence-electron chi connectivity index (χ3n) is 3.32. The quantitative estimate of drug-likeness (QED) is 0.848. The Hall–Kier alpha value is -1.33. The third-order valence-corrected chi connectivity index (χ3v) is 4.38. The van der Waals surface area contributed by atoms with Crippen molar-refractivity contribution in [2.75, 3.05) is 6.61 Å². The second-order valence-electron chi connectivity index (χ2n) is 6.30. The van der Waals surface area contributed by atoms with Gasteiger partial charge in [-0.25, -0.2) is 13.6 Å². The lowest BCUT2D eigenvalue weighted by molar-refractivity contribution is 0.337. The van der Waals surface area contributed by atoms with E-state index in [0.717, 1.165) is 17.6 Å². The summed E-state index contributed by atoms with van der Waals surface area (Å²) in [5, 5.41) is 5.28. The van der Waals surface area contributed by atoms with E-state index in [1.54, 1.807) is 19.1 Å². The highest BCUT2D eigenvalue weighted by molar-refractivity contribution is 7.89. The molecule has 0 spiro atoms. The van der Waals surface area contributed by atoms with Gasteiger partial charge >= 0.3 is 0 Å². The zero-order chi connectivity index (χ0) is 16.4. The van der Waals surface area contributed by atoms with E-state index < -0.39 is 10.0 Å². The lowest BCUT2D eigenvalue weighted by atomic mass is 9.86. The van der Waals surface area contributed by atoms with Crippen LogP contribution in [0.15, 0.2) is 29.2 Å². The molecule has 0 fully saturated rings. The van der Waals surface area contributed by atoms with Crippen molar-refractivity contribution >= 4 is 10.0 Å². The van der Waals surface area contributed by atoms with Gasteiger partial charge < -0.3 is 4.74 Å². The number of rotatable bonds is 5. The second kappa shape index (κ2) is 6.20. The molecule has 0 radical (unpaired) electrons. The van der Waals surface area contributed by atoms with Gasteiger partial charge in [0.25, 0.3) is 0 Å². The molecule has 0 saturated heterocycles. The van der Waals surface area contributed by atoms with E-state index >= 15 is 0 Å². The van der Waals surface area contributed by atoms with Crippen LogP contribution in [0.3, 0.4) is 0 Å². The first kappa shape index (κ1) is 17.7. The van der Waals surface area contributed by atoms with Crippen LogP contribution in [0.25, 0.3) is 0 Å². The van der Waals surface area contributed by atoms with Crippen molar-refractivity contribution in [3.63, 3.8) is 0 Å². The summed E-state index contributed by atoms with van der Waals surface area (Å²) in [5.41, 5.74) is 2.14. The van der Waals surface area contributed by atoms with Crippen LogP contribution in [0.5, 0.6) is 5.75 Å². The molecule has 0 aromatic heterocycles. The van der Waals surface area contributed by atoms with Gasteiger partial charge in [-0.3, -0.25) is 0 Å². The summed E-state index contributed by atoms with van der Waals surface area (Å²) in [6.07, 6.45) is 0.846. The fourth-order valence-corrected chi connectivity index (χ4v) is 2.75. The predicted molar refractivity (Wildman–Crippen MR) is 86.2 cm³/mol. The second-order valence-corrected chi connectivity index (χ2v) is 7.83. The van der Waals surface area contributed by atoms with Gasteiger partial charge in [-0.2, -0.15) is 0 Å². The van der Waals surface area contributed by atoms with Crippen molar-refractivity contribution < 1.29 is 13.2 Å². The highest BCUT2D eigenvalue weighted by atomic mass is 32.2. The Kier molecular flexibility index (Phi) is 5.23. The predicted octanol–water partition coefficient (Wildman–Crippen LogP) is 3.28. The third kappa shape index (κ3) is 4.58. The fraction of sp³-hybridized carbons (Fsp3) is 0.500. The Morgan fingerprint density at radius 1 is 1.33 bits per heavy atom. The molecule has 5 heteroatoms. The summed E-state index contributed by atoms with van der Waals surface area (Å²) in [6.45, 7) is 14.1. The van der Waals surface area contributed by atoms with Crippen LogP contribution in [-0.4, -0.2) is 15.0 Å². The summed E-state index contributed by atoms with van der Waals surface area (Å²) in [7, 11) is -3.74. The van der Waals surface area contributed by atoms with Gasteiger partial charge in [0.1, 0.15) is 12.4 Å². The van der Waals surface area contributed by atoms with Crippen molar-refractivity contribution in [3.05, 3.63) is 35.4 Å². The van der Waals surface area contributed by atoms with Crippen molar-refractivity contribution in [2.24, 2.45) is 5.14 Å². The highest BCUT2D eigenvalue weighted by Crippen LogP contribution is 2.35. The summed E-state index contributed by atoms with van der Waals surface area (Å²) in [6, 6.07) is 3.36. The first-order chi connectivity index (χ1) is 9.46. The Balaban J connectivity index is 3.37. The van der Waals surface area contributed by atoms with Crippen molar-refractivity contribution in [1.29, 1.82) is 0 Å². The molecule has 1 aromatic rings. The molecule has 1 aromatic carbocycles. The van der Waals surface area contributed by atoms with Gasteiger partial charge in [-0.15, -0.1) is 0 Å². The monoisotopic (exact) mass is 311 g/mol. The summed E-state index contributed by atoms with van der Waals surface area (Å²) in [5.74, 6) is 0.682. The zero-order valence-electron chi connectivity index (χ0n) is 13.5. The molecular formula is C16H25NO3S. The molecule has 0 heterocycles. The number of primary sulfonamides is 1.